The molecule has 0 aliphatic rings. The van der Waals surface area contributed by atoms with Gasteiger partial charge in [0.25, 0.3) is 0 Å². The monoisotopic (exact) mass is 431 g/mol. The van der Waals surface area contributed by atoms with Crippen LogP contribution in [0.25, 0.3) is 32.6 Å². The third-order valence-electron chi connectivity index (χ3n) is 4.38. The zero-order chi connectivity index (χ0) is 20.9. The molecule has 0 aliphatic carbocycles. The summed E-state index contributed by atoms with van der Waals surface area (Å²) in [6.07, 6.45) is -3.30. The molecule has 12 heteroatoms. The minimum atomic E-state index is -4.74. The maximum absolute atomic E-state index is 12.4. The number of halogens is 3. The summed E-state index contributed by atoms with van der Waals surface area (Å²) in [4.78, 5) is 13.1. The average Bonchev–Trinajstić information content (AvgIpc) is 3.40. The van der Waals surface area contributed by atoms with Crippen LogP contribution in [-0.4, -0.2) is 36.1 Å². The van der Waals surface area contributed by atoms with Crippen molar-refractivity contribution >= 4 is 43.7 Å². The van der Waals surface area contributed by atoms with Crippen LogP contribution in [-0.2, 0) is 7.05 Å². The first-order valence-electron chi connectivity index (χ1n) is 8.61. The quantitative estimate of drug-likeness (QED) is 0.432. The van der Waals surface area contributed by atoms with Crippen LogP contribution in [0.15, 0.2) is 42.7 Å². The van der Waals surface area contributed by atoms with Crippen LogP contribution >= 0.6 is 11.3 Å². The lowest BCUT2D eigenvalue weighted by Gasteiger charge is -2.07. The van der Waals surface area contributed by atoms with Gasteiger partial charge in [-0.3, -0.25) is 5.10 Å². The van der Waals surface area contributed by atoms with Crippen LogP contribution in [0.1, 0.15) is 0 Å². The van der Waals surface area contributed by atoms with Crippen molar-refractivity contribution in [3.8, 4) is 17.1 Å². The molecule has 3 heterocycles. The van der Waals surface area contributed by atoms with Gasteiger partial charge in [0, 0.05) is 18.7 Å². The number of imidazole rings is 1. The van der Waals surface area contributed by atoms with E-state index in [4.69, 9.17) is 0 Å². The number of thiazole rings is 1. The molecule has 2 N–H and O–H groups in total. The molecular formula is C18H12F3N7OS. The van der Waals surface area contributed by atoms with Crippen molar-refractivity contribution in [2.45, 2.75) is 6.36 Å². The summed E-state index contributed by atoms with van der Waals surface area (Å²) in [5, 5.41) is 10.3. The van der Waals surface area contributed by atoms with Gasteiger partial charge < -0.3 is 14.6 Å². The molecule has 0 saturated heterocycles. The van der Waals surface area contributed by atoms with Gasteiger partial charge in [0.15, 0.2) is 11.0 Å². The van der Waals surface area contributed by atoms with Crippen LogP contribution in [0.2, 0.25) is 0 Å². The Morgan fingerprint density at radius 3 is 2.70 bits per heavy atom. The highest BCUT2D eigenvalue weighted by Gasteiger charge is 2.31. The number of hydrogen-bond donors (Lipinski definition) is 2. The lowest BCUT2D eigenvalue weighted by Crippen LogP contribution is -2.16. The highest BCUT2D eigenvalue weighted by Crippen LogP contribution is 2.33. The predicted octanol–water partition coefficient (Wildman–Crippen LogP) is 4.61. The maximum Gasteiger partial charge on any atom is 0.573 e. The van der Waals surface area contributed by atoms with Crippen LogP contribution in [0, 0.1) is 0 Å². The summed E-state index contributed by atoms with van der Waals surface area (Å²) in [6.45, 7) is 0. The van der Waals surface area contributed by atoms with Gasteiger partial charge >= 0.3 is 6.36 Å². The van der Waals surface area contributed by atoms with E-state index in [9.17, 15) is 13.2 Å². The average molecular weight is 431 g/mol. The minimum Gasteiger partial charge on any atom is -0.406 e. The fourth-order valence-electron chi connectivity index (χ4n) is 3.04. The van der Waals surface area contributed by atoms with E-state index in [2.05, 4.69) is 35.2 Å². The second-order valence-corrected chi connectivity index (χ2v) is 7.38. The van der Waals surface area contributed by atoms with Crippen molar-refractivity contribution in [2.24, 2.45) is 7.05 Å². The van der Waals surface area contributed by atoms with E-state index >= 15 is 0 Å². The van der Waals surface area contributed by atoms with Crippen molar-refractivity contribution in [2.75, 3.05) is 5.32 Å². The van der Waals surface area contributed by atoms with Crippen molar-refractivity contribution in [1.29, 1.82) is 0 Å². The summed E-state index contributed by atoms with van der Waals surface area (Å²) in [7, 11) is 1.85. The van der Waals surface area contributed by atoms with E-state index in [-0.39, 0.29) is 5.75 Å². The number of aryl methyl sites for hydroxylation is 1. The third kappa shape index (κ3) is 3.41. The van der Waals surface area contributed by atoms with Crippen LogP contribution < -0.4 is 10.1 Å². The number of rotatable bonds is 4. The molecule has 0 amide bonds. The van der Waals surface area contributed by atoms with E-state index in [0.29, 0.717) is 27.1 Å². The predicted molar refractivity (Wildman–Crippen MR) is 106 cm³/mol. The third-order valence-corrected chi connectivity index (χ3v) is 5.32. The molecule has 2 aromatic carbocycles. The Hall–Kier alpha value is -3.67. The summed E-state index contributed by atoms with van der Waals surface area (Å²) in [5.41, 5.74) is 3.06. The molecule has 3 aromatic heterocycles. The fourth-order valence-corrected chi connectivity index (χ4v) is 3.93. The van der Waals surface area contributed by atoms with Crippen molar-refractivity contribution < 1.29 is 17.9 Å². The van der Waals surface area contributed by atoms with E-state index in [1.54, 1.807) is 0 Å². The number of aromatic amines is 1. The van der Waals surface area contributed by atoms with Gasteiger partial charge in [0.2, 0.25) is 5.95 Å². The topological polar surface area (TPSA) is 93.5 Å². The van der Waals surface area contributed by atoms with Gasteiger partial charge in [0.1, 0.15) is 12.1 Å². The Bertz CT molecular complexity index is 1360. The summed E-state index contributed by atoms with van der Waals surface area (Å²) >= 11 is 1.21. The van der Waals surface area contributed by atoms with Crippen LogP contribution in [0.3, 0.4) is 0 Å². The lowest BCUT2D eigenvalue weighted by atomic mass is 10.2. The van der Waals surface area contributed by atoms with Gasteiger partial charge in [-0.1, -0.05) is 11.3 Å². The Kier molecular flexibility index (Phi) is 4.10. The number of nitrogens with zero attached hydrogens (tertiary/aromatic N) is 5. The van der Waals surface area contributed by atoms with Crippen LogP contribution in [0.5, 0.6) is 5.75 Å². The van der Waals surface area contributed by atoms with Gasteiger partial charge in [-0.25, -0.2) is 15.0 Å². The minimum absolute atomic E-state index is 0.284. The molecule has 0 spiro atoms. The molecule has 5 aromatic rings. The number of alkyl halides is 3. The number of benzene rings is 2. The van der Waals surface area contributed by atoms with Crippen molar-refractivity contribution in [3.63, 3.8) is 0 Å². The van der Waals surface area contributed by atoms with E-state index < -0.39 is 6.36 Å². The number of H-pyrrole nitrogens is 1. The standard InChI is InChI=1S/C18H12F3N7OS/c1-28-13-6-9(15-22-8-23-27-15)2-4-11(13)24-16(28)26-17-25-12-5-3-10(7-14(12)30-17)29-18(19,20)21/h2-8H,1H3,(H,22,23,27)(H,24,25,26). The van der Waals surface area contributed by atoms with Gasteiger partial charge in [-0.2, -0.15) is 5.10 Å². The molecule has 0 atom stereocenters. The van der Waals surface area contributed by atoms with E-state index in [0.717, 1.165) is 16.6 Å². The smallest absolute Gasteiger partial charge is 0.406 e. The van der Waals surface area contributed by atoms with E-state index in [1.807, 2.05) is 29.8 Å². The Morgan fingerprint density at radius 1 is 1.10 bits per heavy atom. The largest absolute Gasteiger partial charge is 0.573 e. The number of ether oxygens (including phenoxy) is 1. The first kappa shape index (κ1) is 18.4. The number of hydrogen-bond acceptors (Lipinski definition) is 7. The highest BCUT2D eigenvalue weighted by molar-refractivity contribution is 7.22. The first-order chi connectivity index (χ1) is 14.4. The number of nitrogens with one attached hydrogen (secondary N) is 2. The highest BCUT2D eigenvalue weighted by atomic mass is 32.1. The Labute approximate surface area is 170 Å². The van der Waals surface area contributed by atoms with Gasteiger partial charge in [0.05, 0.1) is 21.3 Å². The summed E-state index contributed by atoms with van der Waals surface area (Å²) in [5.74, 6) is 0.911. The Balaban J connectivity index is 1.46. The molecule has 0 bridgehead atoms. The number of aromatic nitrogens is 6. The number of anilines is 2. The Morgan fingerprint density at radius 2 is 1.93 bits per heavy atom. The molecule has 30 heavy (non-hydrogen) atoms. The maximum atomic E-state index is 12.4. The number of fused-ring (bicyclic) bond motifs is 2. The normalized spacial score (nSPS) is 12.0. The zero-order valence-electron chi connectivity index (χ0n) is 15.2. The summed E-state index contributed by atoms with van der Waals surface area (Å²) < 4.78 is 43.7. The fraction of sp³-hybridized carbons (Fsp3) is 0.111. The molecule has 0 fully saturated rings. The molecule has 5 rings (SSSR count). The molecule has 0 radical (unpaired) electrons. The van der Waals surface area contributed by atoms with Gasteiger partial charge in [-0.15, -0.1) is 13.2 Å². The molecule has 0 aliphatic heterocycles. The van der Waals surface area contributed by atoms with Crippen molar-refractivity contribution in [3.05, 3.63) is 42.7 Å². The second kappa shape index (κ2) is 6.69. The first-order valence-corrected chi connectivity index (χ1v) is 9.43. The van der Waals surface area contributed by atoms with Crippen molar-refractivity contribution in [1.82, 2.24) is 29.7 Å². The van der Waals surface area contributed by atoms with Crippen LogP contribution in [0.4, 0.5) is 24.3 Å². The molecule has 0 saturated carbocycles. The molecule has 152 valence electrons. The molecule has 0 unspecified atom stereocenters. The lowest BCUT2D eigenvalue weighted by molar-refractivity contribution is -0.274. The van der Waals surface area contributed by atoms with Gasteiger partial charge in [-0.05, 0) is 30.3 Å². The molecular weight excluding hydrogens is 419 g/mol. The SMILES string of the molecule is Cn1c(Nc2nc3ccc(OC(F)(F)F)cc3s2)nc2ccc(-c3ncn[nH]3)cc21. The zero-order valence-corrected chi connectivity index (χ0v) is 16.0. The second-order valence-electron chi connectivity index (χ2n) is 6.35. The van der Waals surface area contributed by atoms with E-state index in [1.165, 1.54) is 35.9 Å². The molecule has 8 nitrogen and oxygen atoms in total. The summed E-state index contributed by atoms with van der Waals surface area (Å²) in [6, 6.07) is 9.73.